The van der Waals surface area contributed by atoms with Gasteiger partial charge in [-0.2, -0.15) is 0 Å². The Labute approximate surface area is 126 Å². The fourth-order valence-electron chi connectivity index (χ4n) is 1.83. The average Bonchev–Trinajstić information content (AvgIpc) is 2.30. The lowest BCUT2D eigenvalue weighted by Crippen LogP contribution is -2.37. The van der Waals surface area contributed by atoms with E-state index in [1.54, 1.807) is 14.2 Å². The summed E-state index contributed by atoms with van der Waals surface area (Å²) in [6.07, 6.45) is 0. The third-order valence-electron chi connectivity index (χ3n) is 3.05. The van der Waals surface area contributed by atoms with Crippen LogP contribution < -0.4 is 0 Å². The van der Waals surface area contributed by atoms with E-state index in [1.807, 2.05) is 12.1 Å². The Balaban J connectivity index is 3.17. The molecule has 0 aliphatic heterocycles. The second-order valence-corrected chi connectivity index (χ2v) is 8.26. The van der Waals surface area contributed by atoms with Crippen LogP contribution in [0.1, 0.15) is 31.9 Å². The molecule has 0 bridgehead atoms. The Morgan fingerprint density at radius 2 is 1.28 bits per heavy atom. The van der Waals surface area contributed by atoms with Crippen molar-refractivity contribution < 1.29 is 9.47 Å². The molecule has 0 radical (unpaired) electrons. The number of hydrogen-bond donors (Lipinski definition) is 0. The molecule has 1 rings (SSSR count). The van der Waals surface area contributed by atoms with Crippen molar-refractivity contribution in [1.82, 2.24) is 0 Å². The van der Waals surface area contributed by atoms with Crippen molar-refractivity contribution in [3.8, 4) is 0 Å². The lowest BCUT2D eigenvalue weighted by Gasteiger charge is -2.33. The first kappa shape index (κ1) is 16.2. The molecule has 0 heterocycles. The van der Waals surface area contributed by atoms with Gasteiger partial charge in [-0.25, -0.2) is 0 Å². The highest BCUT2D eigenvalue weighted by atomic mass is 79.9. The lowest BCUT2D eigenvalue weighted by atomic mass is 9.86. The van der Waals surface area contributed by atoms with E-state index < -0.39 is 5.79 Å². The van der Waals surface area contributed by atoms with E-state index in [4.69, 9.17) is 9.47 Å². The topological polar surface area (TPSA) is 18.5 Å². The van der Waals surface area contributed by atoms with Gasteiger partial charge in [0, 0.05) is 19.8 Å². The zero-order chi connectivity index (χ0) is 14.0. The molecule has 0 aliphatic rings. The molecular weight excluding hydrogens is 360 g/mol. The molecule has 0 aromatic heterocycles. The summed E-state index contributed by atoms with van der Waals surface area (Å²) in [5, 5.41) is 0. The van der Waals surface area contributed by atoms with Gasteiger partial charge in [0.25, 0.3) is 0 Å². The highest BCUT2D eigenvalue weighted by Gasteiger charge is 2.38. The van der Waals surface area contributed by atoms with Crippen LogP contribution in [0.15, 0.2) is 24.3 Å². The molecule has 0 spiro atoms. The van der Waals surface area contributed by atoms with Crippen LogP contribution in [-0.2, 0) is 20.7 Å². The summed E-state index contributed by atoms with van der Waals surface area (Å²) in [6.45, 7) is 6.58. The zero-order valence-electron chi connectivity index (χ0n) is 11.5. The fraction of sp³-hybridized carbons (Fsp3) is 0.571. The van der Waals surface area contributed by atoms with Gasteiger partial charge in [0.15, 0.2) is 0 Å². The van der Waals surface area contributed by atoms with Gasteiger partial charge in [-0.05, 0) is 11.0 Å². The van der Waals surface area contributed by atoms with Gasteiger partial charge in [-0.1, -0.05) is 76.9 Å². The van der Waals surface area contributed by atoms with E-state index in [0.717, 1.165) is 5.56 Å². The molecule has 102 valence electrons. The van der Waals surface area contributed by atoms with Crippen LogP contribution in [0.2, 0.25) is 0 Å². The molecule has 2 nitrogen and oxygen atoms in total. The van der Waals surface area contributed by atoms with Gasteiger partial charge in [0.1, 0.15) is 3.74 Å². The number of ether oxygens (including phenoxy) is 2. The normalized spacial score (nSPS) is 13.1. The quantitative estimate of drug-likeness (QED) is 0.564. The smallest absolute Gasteiger partial charge is 0.217 e. The molecule has 0 atom stereocenters. The molecule has 0 fully saturated rings. The maximum atomic E-state index is 5.54. The molecule has 0 saturated carbocycles. The lowest BCUT2D eigenvalue weighted by molar-refractivity contribution is -0.201. The molecule has 1 aromatic carbocycles. The second-order valence-electron chi connectivity index (χ2n) is 5.20. The van der Waals surface area contributed by atoms with Gasteiger partial charge in [0.05, 0.1) is 0 Å². The van der Waals surface area contributed by atoms with Gasteiger partial charge < -0.3 is 9.47 Å². The number of methoxy groups -OCH3 is 2. The Morgan fingerprint density at radius 3 is 1.56 bits per heavy atom. The number of halogens is 2. The van der Waals surface area contributed by atoms with Gasteiger partial charge >= 0.3 is 0 Å². The van der Waals surface area contributed by atoms with Crippen molar-refractivity contribution in [2.24, 2.45) is 0 Å². The van der Waals surface area contributed by atoms with E-state index >= 15 is 0 Å². The van der Waals surface area contributed by atoms with Crippen LogP contribution in [0.25, 0.3) is 0 Å². The largest absolute Gasteiger partial charge is 0.348 e. The third-order valence-corrected chi connectivity index (χ3v) is 4.25. The van der Waals surface area contributed by atoms with Crippen LogP contribution in [0.4, 0.5) is 0 Å². The summed E-state index contributed by atoms with van der Waals surface area (Å²) in [7, 11) is 3.27. The minimum Gasteiger partial charge on any atom is -0.348 e. The molecule has 0 amide bonds. The molecular formula is C14H20Br2O2. The maximum absolute atomic E-state index is 5.54. The van der Waals surface area contributed by atoms with Crippen molar-refractivity contribution in [1.29, 1.82) is 0 Å². The Hall–Kier alpha value is 0.1000. The fourth-order valence-corrected chi connectivity index (χ4v) is 3.10. The van der Waals surface area contributed by atoms with Crippen molar-refractivity contribution >= 4 is 31.9 Å². The SMILES string of the molecule is COC(OC)(c1ccc(C(C)(C)C)cc1)C(Br)Br. The standard InChI is InChI=1S/C14H20Br2O2/c1-13(2,3)10-6-8-11(9-7-10)14(17-4,18-5)12(15)16/h6-9,12H,1-5H3. The van der Waals surface area contributed by atoms with E-state index in [1.165, 1.54) is 5.56 Å². The minimum absolute atomic E-state index is 0.131. The van der Waals surface area contributed by atoms with E-state index in [9.17, 15) is 0 Å². The summed E-state index contributed by atoms with van der Waals surface area (Å²) in [5.74, 6) is -0.823. The summed E-state index contributed by atoms with van der Waals surface area (Å²) in [4.78, 5) is 0. The summed E-state index contributed by atoms with van der Waals surface area (Å²) in [6, 6.07) is 8.32. The molecule has 0 aliphatic carbocycles. The van der Waals surface area contributed by atoms with Crippen LogP contribution in [0.5, 0.6) is 0 Å². The van der Waals surface area contributed by atoms with Crippen molar-refractivity contribution in [3.63, 3.8) is 0 Å². The van der Waals surface area contributed by atoms with Crippen LogP contribution >= 0.6 is 31.9 Å². The monoisotopic (exact) mass is 378 g/mol. The predicted octanol–water partition coefficient (Wildman–Crippen LogP) is 4.55. The first-order valence-electron chi connectivity index (χ1n) is 5.77. The van der Waals surface area contributed by atoms with Gasteiger partial charge in [0.2, 0.25) is 5.79 Å². The molecule has 4 heteroatoms. The van der Waals surface area contributed by atoms with Crippen LogP contribution in [0, 0.1) is 0 Å². The van der Waals surface area contributed by atoms with Gasteiger partial charge in [-0.15, -0.1) is 0 Å². The first-order chi connectivity index (χ1) is 8.28. The highest BCUT2D eigenvalue weighted by Crippen LogP contribution is 2.38. The summed E-state index contributed by atoms with van der Waals surface area (Å²) >= 11 is 6.96. The number of benzene rings is 1. The first-order valence-corrected chi connectivity index (χ1v) is 7.60. The Kier molecular flexibility index (Phi) is 5.42. The maximum Gasteiger partial charge on any atom is 0.217 e. The van der Waals surface area contributed by atoms with Crippen LogP contribution in [-0.4, -0.2) is 18.0 Å². The Bertz CT molecular complexity index is 376. The van der Waals surface area contributed by atoms with Crippen LogP contribution in [0.3, 0.4) is 0 Å². The van der Waals surface area contributed by atoms with Gasteiger partial charge in [-0.3, -0.25) is 0 Å². The minimum atomic E-state index is -0.823. The highest BCUT2D eigenvalue weighted by molar-refractivity contribution is 9.24. The second kappa shape index (κ2) is 6.04. The van der Waals surface area contributed by atoms with E-state index in [0.29, 0.717) is 0 Å². The number of alkyl halides is 2. The average molecular weight is 380 g/mol. The third kappa shape index (κ3) is 3.16. The molecule has 0 N–H and O–H groups in total. The van der Waals surface area contributed by atoms with E-state index in [2.05, 4.69) is 64.8 Å². The predicted molar refractivity (Wildman–Crippen MR) is 82.5 cm³/mol. The number of hydrogen-bond acceptors (Lipinski definition) is 2. The van der Waals surface area contributed by atoms with Crippen molar-refractivity contribution in [2.75, 3.05) is 14.2 Å². The van der Waals surface area contributed by atoms with E-state index in [-0.39, 0.29) is 9.15 Å². The zero-order valence-corrected chi connectivity index (χ0v) is 14.6. The Morgan fingerprint density at radius 1 is 0.889 bits per heavy atom. The molecule has 0 saturated heterocycles. The molecule has 18 heavy (non-hydrogen) atoms. The molecule has 1 aromatic rings. The van der Waals surface area contributed by atoms with Crippen molar-refractivity contribution in [3.05, 3.63) is 35.4 Å². The summed E-state index contributed by atoms with van der Waals surface area (Å²) < 4.78 is 11.0. The number of rotatable bonds is 4. The van der Waals surface area contributed by atoms with Crippen molar-refractivity contribution in [2.45, 2.75) is 35.7 Å². The summed E-state index contributed by atoms with van der Waals surface area (Å²) in [5.41, 5.74) is 2.40. The molecule has 0 unspecified atom stereocenters.